The van der Waals surface area contributed by atoms with Crippen LogP contribution in [-0.4, -0.2) is 39.3 Å². The summed E-state index contributed by atoms with van der Waals surface area (Å²) in [6.07, 6.45) is 5.08. The van der Waals surface area contributed by atoms with E-state index in [9.17, 15) is 0 Å². The average Bonchev–Trinajstić information content (AvgIpc) is 2.28. The van der Waals surface area contributed by atoms with Crippen molar-refractivity contribution in [1.82, 2.24) is 10.6 Å². The van der Waals surface area contributed by atoms with E-state index in [0.717, 1.165) is 38.6 Å². The van der Waals surface area contributed by atoms with E-state index in [2.05, 4.69) is 29.5 Å². The lowest BCUT2D eigenvalue weighted by molar-refractivity contribution is 0.0778. The van der Waals surface area contributed by atoms with Crippen LogP contribution in [0.4, 0.5) is 0 Å². The highest BCUT2D eigenvalue weighted by molar-refractivity contribution is 5.79. The third kappa shape index (κ3) is 4.54. The number of nitrogens with zero attached hydrogens (tertiary/aromatic N) is 1. The van der Waals surface area contributed by atoms with Crippen LogP contribution in [0, 0.1) is 5.41 Å². The molecule has 0 aromatic rings. The second-order valence-electron chi connectivity index (χ2n) is 4.82. The summed E-state index contributed by atoms with van der Waals surface area (Å²) in [5, 5.41) is 6.54. The lowest BCUT2D eigenvalue weighted by Crippen LogP contribution is -2.40. The highest BCUT2D eigenvalue weighted by Gasteiger charge is 2.36. The summed E-state index contributed by atoms with van der Waals surface area (Å²) in [6, 6.07) is 0. The summed E-state index contributed by atoms with van der Waals surface area (Å²) in [7, 11) is 1.78. The number of rotatable bonds is 7. The zero-order valence-corrected chi connectivity index (χ0v) is 11.5. The van der Waals surface area contributed by atoms with Crippen molar-refractivity contribution in [1.29, 1.82) is 0 Å². The summed E-state index contributed by atoms with van der Waals surface area (Å²) in [5.74, 6) is 0.943. The van der Waals surface area contributed by atoms with E-state index in [1.807, 2.05) is 0 Å². The van der Waals surface area contributed by atoms with E-state index in [0.29, 0.717) is 5.41 Å². The van der Waals surface area contributed by atoms with Crippen molar-refractivity contribution < 1.29 is 4.74 Å². The molecule has 0 atom stereocenters. The van der Waals surface area contributed by atoms with Crippen LogP contribution in [0.1, 0.15) is 39.5 Å². The van der Waals surface area contributed by atoms with Crippen LogP contribution >= 0.6 is 0 Å². The zero-order chi connectivity index (χ0) is 12.6. The van der Waals surface area contributed by atoms with Crippen LogP contribution in [-0.2, 0) is 4.74 Å². The Bertz CT molecular complexity index is 229. The molecule has 0 aromatic carbocycles. The minimum Gasteiger partial charge on any atom is -0.385 e. The molecule has 1 saturated carbocycles. The van der Waals surface area contributed by atoms with Crippen LogP contribution in [0.5, 0.6) is 0 Å². The van der Waals surface area contributed by atoms with Gasteiger partial charge in [0.15, 0.2) is 5.96 Å². The fourth-order valence-electron chi connectivity index (χ4n) is 2.24. The van der Waals surface area contributed by atoms with Gasteiger partial charge in [-0.2, -0.15) is 0 Å². The molecule has 0 spiro atoms. The van der Waals surface area contributed by atoms with Gasteiger partial charge in [-0.05, 0) is 38.5 Å². The number of guanidine groups is 1. The normalized spacial score (nSPS) is 17.1. The van der Waals surface area contributed by atoms with Crippen molar-refractivity contribution in [3.05, 3.63) is 0 Å². The molecule has 0 aromatic heterocycles. The molecule has 1 rings (SSSR count). The lowest BCUT2D eigenvalue weighted by atomic mass is 9.67. The number of nitrogens with one attached hydrogen (secondary N) is 2. The van der Waals surface area contributed by atoms with Crippen LogP contribution in [0.2, 0.25) is 0 Å². The standard InChI is InChI=1S/C13H27N3O/c1-4-14-12(15-5-2)16-11-13(7-6-8-13)9-10-17-3/h4-11H2,1-3H3,(H2,14,15,16). The van der Waals surface area contributed by atoms with Crippen LogP contribution in [0.15, 0.2) is 4.99 Å². The fourth-order valence-corrected chi connectivity index (χ4v) is 2.24. The molecule has 0 amide bonds. The Morgan fingerprint density at radius 1 is 1.24 bits per heavy atom. The maximum atomic E-state index is 5.20. The predicted octanol–water partition coefficient (Wildman–Crippen LogP) is 1.77. The van der Waals surface area contributed by atoms with Crippen molar-refractivity contribution in [3.63, 3.8) is 0 Å². The molecule has 2 N–H and O–H groups in total. The van der Waals surface area contributed by atoms with E-state index < -0.39 is 0 Å². The van der Waals surface area contributed by atoms with E-state index >= 15 is 0 Å². The van der Waals surface area contributed by atoms with Gasteiger partial charge in [0, 0.05) is 33.4 Å². The third-order valence-corrected chi connectivity index (χ3v) is 3.51. The Kier molecular flexibility index (Phi) is 6.34. The quantitative estimate of drug-likeness (QED) is 0.527. The van der Waals surface area contributed by atoms with Crippen molar-refractivity contribution in [3.8, 4) is 0 Å². The molecule has 100 valence electrons. The summed E-state index contributed by atoms with van der Waals surface area (Å²) >= 11 is 0. The molecule has 0 heterocycles. The van der Waals surface area contributed by atoms with Crippen LogP contribution < -0.4 is 10.6 Å². The molecular formula is C13H27N3O. The van der Waals surface area contributed by atoms with Crippen molar-refractivity contribution in [2.45, 2.75) is 39.5 Å². The van der Waals surface area contributed by atoms with Gasteiger partial charge in [-0.25, -0.2) is 0 Å². The van der Waals surface area contributed by atoms with Crippen LogP contribution in [0.3, 0.4) is 0 Å². The van der Waals surface area contributed by atoms with E-state index in [1.165, 1.54) is 19.3 Å². The van der Waals surface area contributed by atoms with Gasteiger partial charge in [-0.1, -0.05) is 6.42 Å². The fraction of sp³-hybridized carbons (Fsp3) is 0.923. The third-order valence-electron chi connectivity index (χ3n) is 3.51. The Hall–Kier alpha value is -0.770. The monoisotopic (exact) mass is 241 g/mol. The second kappa shape index (κ2) is 7.54. The van der Waals surface area contributed by atoms with Gasteiger partial charge >= 0.3 is 0 Å². The Morgan fingerprint density at radius 2 is 1.88 bits per heavy atom. The zero-order valence-electron chi connectivity index (χ0n) is 11.5. The van der Waals surface area contributed by atoms with Gasteiger partial charge < -0.3 is 15.4 Å². The molecular weight excluding hydrogens is 214 g/mol. The number of hydrogen-bond acceptors (Lipinski definition) is 2. The minimum absolute atomic E-state index is 0.409. The number of methoxy groups -OCH3 is 1. The molecule has 0 saturated heterocycles. The molecule has 1 fully saturated rings. The molecule has 4 nitrogen and oxygen atoms in total. The van der Waals surface area contributed by atoms with E-state index in [4.69, 9.17) is 4.74 Å². The summed E-state index contributed by atoms with van der Waals surface area (Å²) < 4.78 is 5.20. The minimum atomic E-state index is 0.409. The van der Waals surface area contributed by atoms with Crippen molar-refractivity contribution in [2.24, 2.45) is 10.4 Å². The first kappa shape index (κ1) is 14.3. The number of hydrogen-bond donors (Lipinski definition) is 2. The highest BCUT2D eigenvalue weighted by Crippen LogP contribution is 2.44. The Balaban J connectivity index is 2.45. The first-order valence-corrected chi connectivity index (χ1v) is 6.77. The average molecular weight is 241 g/mol. The van der Waals surface area contributed by atoms with E-state index in [-0.39, 0.29) is 0 Å². The molecule has 17 heavy (non-hydrogen) atoms. The smallest absolute Gasteiger partial charge is 0.191 e. The lowest BCUT2D eigenvalue weighted by Gasteiger charge is -2.40. The van der Waals surface area contributed by atoms with Gasteiger partial charge in [0.2, 0.25) is 0 Å². The first-order valence-electron chi connectivity index (χ1n) is 6.77. The molecule has 4 heteroatoms. The van der Waals surface area contributed by atoms with E-state index in [1.54, 1.807) is 7.11 Å². The second-order valence-corrected chi connectivity index (χ2v) is 4.82. The largest absolute Gasteiger partial charge is 0.385 e. The molecule has 0 radical (unpaired) electrons. The SMILES string of the molecule is CCNC(=NCC1(CCOC)CCC1)NCC. The molecule has 0 bridgehead atoms. The summed E-state index contributed by atoms with van der Waals surface area (Å²) in [4.78, 5) is 4.69. The van der Waals surface area contributed by atoms with Gasteiger partial charge in [-0.15, -0.1) is 0 Å². The molecule has 0 unspecified atom stereocenters. The number of aliphatic imine (C=N–C) groups is 1. The molecule has 0 aliphatic heterocycles. The highest BCUT2D eigenvalue weighted by atomic mass is 16.5. The van der Waals surface area contributed by atoms with Crippen LogP contribution in [0.25, 0.3) is 0 Å². The maximum Gasteiger partial charge on any atom is 0.191 e. The topological polar surface area (TPSA) is 45.7 Å². The Labute approximate surface area is 105 Å². The van der Waals surface area contributed by atoms with Gasteiger partial charge in [0.05, 0.1) is 0 Å². The van der Waals surface area contributed by atoms with Gasteiger partial charge in [-0.3, -0.25) is 4.99 Å². The summed E-state index contributed by atoms with van der Waals surface area (Å²) in [6.45, 7) is 7.79. The first-order chi connectivity index (χ1) is 8.26. The molecule has 1 aliphatic rings. The van der Waals surface area contributed by atoms with Gasteiger partial charge in [0.1, 0.15) is 0 Å². The summed E-state index contributed by atoms with van der Waals surface area (Å²) in [5.41, 5.74) is 0.409. The maximum absolute atomic E-state index is 5.20. The number of ether oxygens (including phenoxy) is 1. The molecule has 1 aliphatic carbocycles. The van der Waals surface area contributed by atoms with Crippen molar-refractivity contribution in [2.75, 3.05) is 33.4 Å². The van der Waals surface area contributed by atoms with Crippen molar-refractivity contribution >= 4 is 5.96 Å². The predicted molar refractivity (Wildman–Crippen MR) is 72.4 cm³/mol. The van der Waals surface area contributed by atoms with Gasteiger partial charge in [0.25, 0.3) is 0 Å². The Morgan fingerprint density at radius 3 is 2.29 bits per heavy atom.